The third kappa shape index (κ3) is 4.69. The molecule has 2 fully saturated rings. The summed E-state index contributed by atoms with van der Waals surface area (Å²) in [6, 6.07) is 8.61. The maximum absolute atomic E-state index is 15.5. The Balaban J connectivity index is 1.30. The van der Waals surface area contributed by atoms with Gasteiger partial charge >= 0.3 is 7.12 Å². The number of rotatable bonds is 6. The van der Waals surface area contributed by atoms with Crippen LogP contribution >= 0.6 is 0 Å². The van der Waals surface area contributed by atoms with Crippen LogP contribution in [0.4, 0.5) is 17.6 Å². The predicted molar refractivity (Wildman–Crippen MR) is 132 cm³/mol. The number of benzene rings is 2. The number of carbonyl (C=O) groups excluding carboxylic acids is 1. The Morgan fingerprint density at radius 2 is 1.92 bits per heavy atom. The maximum Gasteiger partial charge on any atom is 0.488 e. The number of halogens is 4. The van der Waals surface area contributed by atoms with Crippen LogP contribution in [0.25, 0.3) is 0 Å². The smallest absolute Gasteiger partial charge is 0.423 e. The molecule has 0 heterocycles. The second kappa shape index (κ2) is 9.73. The van der Waals surface area contributed by atoms with Gasteiger partial charge in [0.2, 0.25) is 5.91 Å². The van der Waals surface area contributed by atoms with E-state index in [2.05, 4.69) is 5.32 Å². The van der Waals surface area contributed by atoms with E-state index in [1.807, 2.05) is 12.1 Å². The van der Waals surface area contributed by atoms with Crippen molar-refractivity contribution in [2.45, 2.75) is 70.3 Å². The number of hydrogen-bond donors (Lipinski definition) is 3. The van der Waals surface area contributed by atoms with Crippen molar-refractivity contribution in [3.05, 3.63) is 64.7 Å². The fourth-order valence-corrected chi connectivity index (χ4v) is 7.54. The summed E-state index contributed by atoms with van der Waals surface area (Å²) in [6.45, 7) is 1.63. The number of hydrogen-bond acceptors (Lipinski definition) is 3. The third-order valence-corrected chi connectivity index (χ3v) is 9.40. The Morgan fingerprint density at radius 1 is 1.14 bits per heavy atom. The van der Waals surface area contributed by atoms with Crippen LogP contribution < -0.4 is 10.8 Å². The predicted octanol–water partition coefficient (Wildman–Crippen LogP) is 4.46. The van der Waals surface area contributed by atoms with Crippen molar-refractivity contribution < 1.29 is 32.4 Å². The number of alkyl halides is 2. The zero-order valence-electron chi connectivity index (χ0n) is 20.8. The minimum Gasteiger partial charge on any atom is -0.423 e. The topological polar surface area (TPSA) is 69.6 Å². The van der Waals surface area contributed by atoms with Gasteiger partial charge in [0, 0.05) is 36.4 Å². The molecule has 0 aromatic heterocycles. The molecule has 0 spiro atoms. The molecule has 2 aromatic rings. The molecule has 3 aliphatic rings. The summed E-state index contributed by atoms with van der Waals surface area (Å²) >= 11 is 0. The quantitative estimate of drug-likeness (QED) is 0.392. The number of aryl methyl sites for hydroxylation is 1. The lowest BCUT2D eigenvalue weighted by Gasteiger charge is -2.51. The summed E-state index contributed by atoms with van der Waals surface area (Å²) in [7, 11) is -1.54. The van der Waals surface area contributed by atoms with Gasteiger partial charge in [0.05, 0.1) is 0 Å². The van der Waals surface area contributed by atoms with Crippen LogP contribution in [0.3, 0.4) is 0 Å². The first-order valence-corrected chi connectivity index (χ1v) is 13.1. The van der Waals surface area contributed by atoms with Gasteiger partial charge in [0.15, 0.2) is 0 Å². The summed E-state index contributed by atoms with van der Waals surface area (Å²) in [5, 5.41) is 21.7. The molecule has 5 atom stereocenters. The highest BCUT2D eigenvalue weighted by Crippen LogP contribution is 2.68. The van der Waals surface area contributed by atoms with E-state index in [-0.39, 0.29) is 54.5 Å². The van der Waals surface area contributed by atoms with Crippen molar-refractivity contribution in [1.29, 1.82) is 0 Å². The molecular formula is C28H32BF4NO3. The maximum atomic E-state index is 15.5. The number of nitrogens with one attached hydrogen (secondary N) is 1. The summed E-state index contributed by atoms with van der Waals surface area (Å²) in [5.74, 6) is -4.90. The van der Waals surface area contributed by atoms with Gasteiger partial charge in [-0.15, -0.1) is 0 Å². The molecule has 0 unspecified atom stereocenters. The monoisotopic (exact) mass is 517 g/mol. The van der Waals surface area contributed by atoms with Crippen molar-refractivity contribution in [1.82, 2.24) is 5.32 Å². The van der Waals surface area contributed by atoms with Gasteiger partial charge in [-0.2, -0.15) is 0 Å². The van der Waals surface area contributed by atoms with Crippen LogP contribution in [-0.2, 0) is 17.8 Å². The normalized spacial score (nSPS) is 29.7. The molecule has 9 heteroatoms. The molecule has 2 saturated carbocycles. The molecule has 3 aliphatic carbocycles. The molecule has 198 valence electrons. The minimum absolute atomic E-state index is 0.0713. The fraction of sp³-hybridized carbons (Fsp3) is 0.536. The molecule has 3 N–H and O–H groups in total. The van der Waals surface area contributed by atoms with Gasteiger partial charge in [0.25, 0.3) is 5.92 Å². The lowest BCUT2D eigenvalue weighted by molar-refractivity contribution is -0.133. The van der Waals surface area contributed by atoms with Crippen molar-refractivity contribution in [2.24, 2.45) is 23.2 Å². The van der Waals surface area contributed by atoms with Crippen molar-refractivity contribution in [3.63, 3.8) is 0 Å². The Hall–Kier alpha value is -2.39. The standard InChI is InChI=1S/C28H32BF4NO3/c1-27-11-10-22-21-8-5-19(29(36)37)12-16(21)3-7-23(22)26(27)17(14-28(27,32)33)4-9-25(35)34-15-18-2-6-20(30)13-24(18)31/h2,5-6,8,12-13,17,22-23,26,36-37H,3-4,7,9-11,14-15H2,1H3,(H,34,35)/t17-,22-,23-,26+,27+/m1/s1. The lowest BCUT2D eigenvalue weighted by atomic mass is 9.53. The fourth-order valence-electron chi connectivity index (χ4n) is 7.54. The van der Waals surface area contributed by atoms with Crippen molar-refractivity contribution >= 4 is 18.5 Å². The molecular weight excluding hydrogens is 485 g/mol. The molecule has 5 rings (SSSR count). The van der Waals surface area contributed by atoms with E-state index in [1.165, 1.54) is 6.07 Å². The molecule has 0 saturated heterocycles. The molecule has 4 nitrogen and oxygen atoms in total. The molecule has 0 bridgehead atoms. The Morgan fingerprint density at radius 3 is 2.65 bits per heavy atom. The molecule has 37 heavy (non-hydrogen) atoms. The molecule has 2 aromatic carbocycles. The first-order chi connectivity index (χ1) is 17.5. The SMILES string of the molecule is C[C@]12CC[C@@H]3c4ccc(B(O)O)cc4CC[C@H]3[C@@H]1[C@H](CCC(=O)NCc1ccc(F)cc1F)CC2(F)F. The van der Waals surface area contributed by atoms with Gasteiger partial charge < -0.3 is 15.4 Å². The van der Waals surface area contributed by atoms with Crippen molar-refractivity contribution in [3.8, 4) is 0 Å². The zero-order chi connectivity index (χ0) is 26.5. The molecule has 1 amide bonds. The Labute approximate surface area is 214 Å². The van der Waals surface area contributed by atoms with Crippen LogP contribution in [0.15, 0.2) is 36.4 Å². The van der Waals surface area contributed by atoms with Crippen LogP contribution in [-0.4, -0.2) is 29.0 Å². The average Bonchev–Trinajstić information content (AvgIpc) is 3.06. The highest BCUT2D eigenvalue weighted by atomic mass is 19.3. The van der Waals surface area contributed by atoms with Crippen LogP contribution in [0.2, 0.25) is 0 Å². The van der Waals surface area contributed by atoms with Gasteiger partial charge in [-0.25, -0.2) is 17.6 Å². The summed E-state index contributed by atoms with van der Waals surface area (Å²) in [4.78, 5) is 12.5. The number of fused-ring (bicyclic) bond motifs is 5. The molecule has 0 radical (unpaired) electrons. The summed E-state index contributed by atoms with van der Waals surface area (Å²) in [5.41, 5.74) is 1.67. The van der Waals surface area contributed by atoms with E-state index < -0.39 is 30.1 Å². The first-order valence-electron chi connectivity index (χ1n) is 13.1. The highest BCUT2D eigenvalue weighted by Gasteiger charge is 2.67. The highest BCUT2D eigenvalue weighted by molar-refractivity contribution is 6.58. The molecule has 0 aliphatic heterocycles. The largest absolute Gasteiger partial charge is 0.488 e. The summed E-state index contributed by atoms with van der Waals surface area (Å²) < 4.78 is 57.9. The van der Waals surface area contributed by atoms with E-state index in [9.17, 15) is 23.6 Å². The van der Waals surface area contributed by atoms with Gasteiger partial charge in [0.1, 0.15) is 11.6 Å². The minimum atomic E-state index is -2.81. The van der Waals surface area contributed by atoms with E-state index in [0.29, 0.717) is 31.1 Å². The van der Waals surface area contributed by atoms with Gasteiger partial charge in [-0.1, -0.05) is 31.2 Å². The van der Waals surface area contributed by atoms with E-state index in [1.54, 1.807) is 13.0 Å². The number of amides is 1. The Bertz CT molecular complexity index is 1190. The van der Waals surface area contributed by atoms with E-state index in [0.717, 1.165) is 29.7 Å². The second-order valence-electron chi connectivity index (χ2n) is 11.3. The van der Waals surface area contributed by atoms with E-state index in [4.69, 9.17) is 0 Å². The van der Waals surface area contributed by atoms with Gasteiger partial charge in [-0.3, -0.25) is 4.79 Å². The third-order valence-electron chi connectivity index (χ3n) is 9.40. The first kappa shape index (κ1) is 26.2. The van der Waals surface area contributed by atoms with Crippen LogP contribution in [0, 0.1) is 34.8 Å². The zero-order valence-corrected chi connectivity index (χ0v) is 20.8. The average molecular weight is 517 g/mol. The van der Waals surface area contributed by atoms with Crippen LogP contribution in [0.5, 0.6) is 0 Å². The van der Waals surface area contributed by atoms with Crippen molar-refractivity contribution in [2.75, 3.05) is 0 Å². The van der Waals surface area contributed by atoms with Gasteiger partial charge in [-0.05, 0) is 78.4 Å². The van der Waals surface area contributed by atoms with Crippen LogP contribution in [0.1, 0.15) is 68.1 Å². The number of carbonyl (C=O) groups is 1. The summed E-state index contributed by atoms with van der Waals surface area (Å²) in [6.07, 6.45) is 2.69. The Kier molecular flexibility index (Phi) is 6.90. The van der Waals surface area contributed by atoms with E-state index >= 15 is 8.78 Å². The lowest BCUT2D eigenvalue weighted by Crippen LogP contribution is -2.48. The second-order valence-corrected chi connectivity index (χ2v) is 11.3.